The number of carbonyl (C=O) groups is 1. The van der Waals surface area contributed by atoms with Crippen molar-refractivity contribution in [1.29, 1.82) is 0 Å². The van der Waals surface area contributed by atoms with Crippen molar-refractivity contribution in [2.24, 2.45) is 0 Å². The average Bonchev–Trinajstić information content (AvgIpc) is 2.97. The molecule has 0 aliphatic rings. The van der Waals surface area contributed by atoms with Crippen LogP contribution >= 0.6 is 0 Å². The predicted molar refractivity (Wildman–Crippen MR) is 105 cm³/mol. The lowest BCUT2D eigenvalue weighted by molar-refractivity contribution is 0.0582. The molecule has 2 N–H and O–H groups in total. The molecule has 0 unspecified atom stereocenters. The molecule has 28 heavy (non-hydrogen) atoms. The van der Waals surface area contributed by atoms with Gasteiger partial charge in [0.05, 0.1) is 24.3 Å². The highest BCUT2D eigenvalue weighted by Gasteiger charge is 2.23. The molecule has 0 aliphatic heterocycles. The van der Waals surface area contributed by atoms with Crippen molar-refractivity contribution < 1.29 is 19.4 Å². The van der Waals surface area contributed by atoms with Crippen LogP contribution in [-0.4, -0.2) is 44.5 Å². The fourth-order valence-electron chi connectivity index (χ4n) is 2.97. The molecule has 0 bridgehead atoms. The van der Waals surface area contributed by atoms with Gasteiger partial charge in [0.2, 0.25) is 0 Å². The Bertz CT molecular complexity index is 991. The fraction of sp³-hybridized carbons (Fsp3) is 0.450. The Labute approximate surface area is 163 Å². The van der Waals surface area contributed by atoms with Crippen molar-refractivity contribution in [1.82, 2.24) is 14.5 Å². The molecule has 0 aliphatic carbocycles. The van der Waals surface area contributed by atoms with Crippen LogP contribution in [0, 0.1) is 12.1 Å². The van der Waals surface area contributed by atoms with Crippen LogP contribution in [0.4, 0.5) is 10.6 Å². The van der Waals surface area contributed by atoms with Gasteiger partial charge in [-0.15, -0.1) is 0 Å². The Morgan fingerprint density at radius 1 is 1.32 bits per heavy atom. The van der Waals surface area contributed by atoms with Crippen LogP contribution in [-0.2, 0) is 22.6 Å². The van der Waals surface area contributed by atoms with Gasteiger partial charge >= 0.3 is 6.09 Å². The first-order chi connectivity index (χ1) is 13.3. The van der Waals surface area contributed by atoms with Crippen molar-refractivity contribution in [2.75, 3.05) is 18.5 Å². The molecule has 1 aromatic carbocycles. The monoisotopic (exact) mass is 384 g/mol. The van der Waals surface area contributed by atoms with Crippen molar-refractivity contribution in [2.45, 2.75) is 46.4 Å². The summed E-state index contributed by atoms with van der Waals surface area (Å²) in [6, 6.07) is 9.45. The average molecular weight is 384 g/mol. The normalized spacial score (nSPS) is 11.6. The number of nitrogens with one attached hydrogen (secondary N) is 1. The number of hydrogen-bond acceptors (Lipinski definition) is 6. The van der Waals surface area contributed by atoms with Gasteiger partial charge in [-0.2, -0.15) is 0 Å². The number of rotatable bonds is 7. The smallest absolute Gasteiger partial charge is 0.412 e. The lowest BCUT2D eigenvalue weighted by Gasteiger charge is -2.20. The van der Waals surface area contributed by atoms with Crippen molar-refractivity contribution in [3.8, 4) is 0 Å². The summed E-state index contributed by atoms with van der Waals surface area (Å²) in [5.74, 6) is 0.900. The molecule has 148 valence electrons. The number of imidazole rings is 1. The number of carbonyl (C=O) groups excluding carboxylic acids is 1. The Kier molecular flexibility index (Phi) is 5.68. The number of hydrogen-bond donors (Lipinski definition) is 2. The minimum absolute atomic E-state index is 0.241. The first-order valence-corrected chi connectivity index (χ1v) is 9.19. The number of fused-ring (bicyclic) bond motifs is 3. The SMILES string of the molecule is CCOCc1nc2c(NC(=O)OCC)nc3c#cccc3c2n1CC(C)(C)O. The summed E-state index contributed by atoms with van der Waals surface area (Å²) in [4.78, 5) is 21.1. The van der Waals surface area contributed by atoms with Crippen molar-refractivity contribution >= 4 is 33.8 Å². The molecule has 0 saturated carbocycles. The number of anilines is 1. The molecule has 0 spiro atoms. The van der Waals surface area contributed by atoms with E-state index in [1.54, 1.807) is 26.8 Å². The number of amides is 1. The van der Waals surface area contributed by atoms with Crippen LogP contribution in [0.3, 0.4) is 0 Å². The highest BCUT2D eigenvalue weighted by molar-refractivity contribution is 6.08. The molecule has 1 amide bonds. The van der Waals surface area contributed by atoms with Gasteiger partial charge < -0.3 is 19.1 Å². The molecule has 0 atom stereocenters. The van der Waals surface area contributed by atoms with Gasteiger partial charge in [-0.1, -0.05) is 6.07 Å². The standard InChI is InChI=1S/C20H24N4O4/c1-5-27-11-15-22-16-17(24(15)12-20(3,4)26)13-9-7-8-10-14(13)21-18(16)23-19(25)28-6-2/h7,9,26H,5-6,11-12H2,1-4H3,(H,21,23,25). The summed E-state index contributed by atoms with van der Waals surface area (Å²) in [7, 11) is 0. The van der Waals surface area contributed by atoms with E-state index in [1.165, 1.54) is 0 Å². The maximum absolute atomic E-state index is 12.0. The molecule has 0 saturated heterocycles. The van der Waals surface area contributed by atoms with E-state index >= 15 is 0 Å². The first-order valence-electron chi connectivity index (χ1n) is 9.19. The van der Waals surface area contributed by atoms with Crippen molar-refractivity contribution in [3.05, 3.63) is 30.1 Å². The van der Waals surface area contributed by atoms with Crippen molar-refractivity contribution in [3.63, 3.8) is 0 Å². The highest BCUT2D eigenvalue weighted by Crippen LogP contribution is 2.31. The fourth-order valence-corrected chi connectivity index (χ4v) is 2.97. The summed E-state index contributed by atoms with van der Waals surface area (Å²) >= 11 is 0. The quantitative estimate of drug-likeness (QED) is 0.650. The van der Waals surface area contributed by atoms with Gasteiger partial charge in [-0.25, -0.2) is 14.8 Å². The third kappa shape index (κ3) is 4.16. The number of aliphatic hydroxyl groups is 1. The van der Waals surface area contributed by atoms with Crippen LogP contribution in [0.15, 0.2) is 12.1 Å². The highest BCUT2D eigenvalue weighted by atomic mass is 16.5. The molecule has 0 radical (unpaired) electrons. The van der Waals surface area contributed by atoms with Gasteiger partial charge in [0.25, 0.3) is 0 Å². The Morgan fingerprint density at radius 2 is 2.11 bits per heavy atom. The van der Waals surface area contributed by atoms with E-state index < -0.39 is 11.7 Å². The topological polar surface area (TPSA) is 98.5 Å². The largest absolute Gasteiger partial charge is 0.450 e. The molecule has 3 aromatic rings. The summed E-state index contributed by atoms with van der Waals surface area (Å²) in [5, 5.41) is 13.9. The molecule has 8 heteroatoms. The minimum atomic E-state index is -0.983. The summed E-state index contributed by atoms with van der Waals surface area (Å²) in [6.45, 7) is 8.41. The van der Waals surface area contributed by atoms with Crippen LogP contribution < -0.4 is 5.32 Å². The van der Waals surface area contributed by atoms with E-state index in [0.29, 0.717) is 30.0 Å². The molecule has 8 nitrogen and oxygen atoms in total. The summed E-state index contributed by atoms with van der Waals surface area (Å²) in [6.07, 6.45) is -0.612. The van der Waals surface area contributed by atoms with E-state index in [4.69, 9.17) is 9.47 Å². The van der Waals surface area contributed by atoms with Gasteiger partial charge in [0.15, 0.2) is 5.82 Å². The summed E-state index contributed by atoms with van der Waals surface area (Å²) in [5.41, 5.74) is 0.781. The third-order valence-electron chi connectivity index (χ3n) is 4.00. The molecule has 3 rings (SSSR count). The third-order valence-corrected chi connectivity index (χ3v) is 4.00. The van der Waals surface area contributed by atoms with Crippen LogP contribution in [0.25, 0.3) is 21.9 Å². The number of ether oxygens (including phenoxy) is 2. The predicted octanol–water partition coefficient (Wildman–Crippen LogP) is 3.06. The van der Waals surface area contributed by atoms with E-state index in [9.17, 15) is 9.90 Å². The van der Waals surface area contributed by atoms with Crippen LogP contribution in [0.1, 0.15) is 33.5 Å². The number of nitrogens with zero attached hydrogens (tertiary/aromatic N) is 3. The Hall–Kier alpha value is -2.89. The molecule has 0 fully saturated rings. The summed E-state index contributed by atoms with van der Waals surface area (Å²) < 4.78 is 12.4. The van der Waals surface area contributed by atoms with Gasteiger partial charge in [-0.3, -0.25) is 5.32 Å². The maximum atomic E-state index is 12.0. The van der Waals surface area contributed by atoms with E-state index in [-0.39, 0.29) is 19.0 Å². The Morgan fingerprint density at radius 3 is 2.79 bits per heavy atom. The zero-order valence-corrected chi connectivity index (χ0v) is 16.5. The van der Waals surface area contributed by atoms with Crippen LogP contribution in [0.5, 0.6) is 0 Å². The van der Waals surface area contributed by atoms with E-state index in [0.717, 1.165) is 10.9 Å². The lowest BCUT2D eigenvalue weighted by atomic mass is 10.1. The molecule has 2 heterocycles. The number of pyridine rings is 1. The minimum Gasteiger partial charge on any atom is -0.450 e. The van der Waals surface area contributed by atoms with Crippen LogP contribution in [0.2, 0.25) is 0 Å². The second-order valence-corrected chi connectivity index (χ2v) is 6.93. The Balaban J connectivity index is 2.27. The first kappa shape index (κ1) is 19.9. The van der Waals surface area contributed by atoms with Gasteiger partial charge in [0.1, 0.15) is 23.5 Å². The lowest BCUT2D eigenvalue weighted by Crippen LogP contribution is -2.27. The van der Waals surface area contributed by atoms with E-state index in [1.807, 2.05) is 17.6 Å². The zero-order chi connectivity index (χ0) is 20.3. The molecular weight excluding hydrogens is 360 g/mol. The van der Waals surface area contributed by atoms with Gasteiger partial charge in [-0.05, 0) is 45.9 Å². The molecule has 2 aromatic heterocycles. The number of aromatic nitrogens is 3. The van der Waals surface area contributed by atoms with Gasteiger partial charge in [0, 0.05) is 12.0 Å². The molecular formula is C20H24N4O4. The zero-order valence-electron chi connectivity index (χ0n) is 16.5. The second-order valence-electron chi connectivity index (χ2n) is 6.93. The maximum Gasteiger partial charge on any atom is 0.412 e. The second kappa shape index (κ2) is 8.00. The van der Waals surface area contributed by atoms with E-state index in [2.05, 4.69) is 27.4 Å².